The summed E-state index contributed by atoms with van der Waals surface area (Å²) in [5.74, 6) is -0.975. The van der Waals surface area contributed by atoms with Crippen molar-refractivity contribution in [3.8, 4) is 0 Å². The summed E-state index contributed by atoms with van der Waals surface area (Å²) in [7, 11) is 0. The molecule has 4 nitrogen and oxygen atoms in total. The zero-order valence-electron chi connectivity index (χ0n) is 10.6. The highest BCUT2D eigenvalue weighted by Crippen LogP contribution is 2.31. The van der Waals surface area contributed by atoms with Gasteiger partial charge in [-0.3, -0.25) is 0 Å². The zero-order chi connectivity index (χ0) is 14.1. The Labute approximate surface area is 104 Å². The average molecular weight is 269 g/mol. The first-order valence-electron chi connectivity index (χ1n) is 5.73. The van der Waals surface area contributed by atoms with E-state index in [1.54, 1.807) is 20.8 Å². The summed E-state index contributed by atoms with van der Waals surface area (Å²) in [5, 5.41) is 9.11. The lowest BCUT2D eigenvalue weighted by Crippen LogP contribution is -2.39. The van der Waals surface area contributed by atoms with E-state index in [1.807, 2.05) is 0 Å². The second-order valence-electron chi connectivity index (χ2n) is 5.46. The molecule has 18 heavy (non-hydrogen) atoms. The van der Waals surface area contributed by atoms with E-state index in [0.29, 0.717) is 0 Å². The summed E-state index contributed by atoms with van der Waals surface area (Å²) < 4.78 is 42.0. The molecule has 1 N–H and O–H groups in total. The van der Waals surface area contributed by atoms with Crippen LogP contribution in [0.2, 0.25) is 0 Å². The van der Waals surface area contributed by atoms with E-state index in [9.17, 15) is 18.0 Å². The number of likely N-dealkylation sites (tertiary alicyclic amines) is 1. The predicted octanol–water partition coefficient (Wildman–Crippen LogP) is 2.17. The first-order valence-corrected chi connectivity index (χ1v) is 5.73. The topological polar surface area (TPSA) is 49.8 Å². The van der Waals surface area contributed by atoms with Crippen LogP contribution in [0.3, 0.4) is 0 Å². The van der Waals surface area contributed by atoms with Gasteiger partial charge in [-0.1, -0.05) is 0 Å². The molecule has 1 amide bonds. The largest absolute Gasteiger partial charge is 0.444 e. The number of ether oxygens (including phenoxy) is 1. The Hall–Kier alpha value is -0.980. The molecule has 0 radical (unpaired) electrons. The second-order valence-corrected chi connectivity index (χ2v) is 5.46. The van der Waals surface area contributed by atoms with Crippen molar-refractivity contribution in [2.24, 2.45) is 5.92 Å². The van der Waals surface area contributed by atoms with Crippen LogP contribution in [0.1, 0.15) is 27.2 Å². The van der Waals surface area contributed by atoms with Crippen LogP contribution < -0.4 is 0 Å². The fourth-order valence-electron chi connectivity index (χ4n) is 1.80. The van der Waals surface area contributed by atoms with Gasteiger partial charge in [0.1, 0.15) is 5.60 Å². The van der Waals surface area contributed by atoms with E-state index in [2.05, 4.69) is 0 Å². The van der Waals surface area contributed by atoms with Crippen LogP contribution >= 0.6 is 0 Å². The smallest absolute Gasteiger partial charge is 0.414 e. The van der Waals surface area contributed by atoms with Crippen molar-refractivity contribution in [3.63, 3.8) is 0 Å². The second kappa shape index (κ2) is 4.95. The Morgan fingerprint density at radius 3 is 2.39 bits per heavy atom. The molecule has 0 unspecified atom stereocenters. The number of halogens is 3. The van der Waals surface area contributed by atoms with E-state index < -0.39 is 29.9 Å². The Bertz CT molecular complexity index is 312. The third-order valence-corrected chi connectivity index (χ3v) is 2.66. The third kappa shape index (κ3) is 4.04. The molecule has 0 aliphatic carbocycles. The first kappa shape index (κ1) is 15.1. The van der Waals surface area contributed by atoms with Crippen molar-refractivity contribution >= 4 is 6.09 Å². The fraction of sp³-hybridized carbons (Fsp3) is 0.909. The number of aliphatic hydroxyl groups excluding tert-OH is 1. The van der Waals surface area contributed by atoms with E-state index in [4.69, 9.17) is 9.84 Å². The lowest BCUT2D eigenvalue weighted by Gasteiger charge is -2.25. The van der Waals surface area contributed by atoms with E-state index in [0.717, 1.165) is 0 Å². The zero-order valence-corrected chi connectivity index (χ0v) is 10.6. The SMILES string of the molecule is CC(C)(C)OC(=O)N1CC[C@@H]([C@@H](O)C(F)(F)F)C1. The lowest BCUT2D eigenvalue weighted by atomic mass is 10.0. The molecule has 1 fully saturated rings. The maximum Gasteiger partial charge on any atom is 0.414 e. The van der Waals surface area contributed by atoms with E-state index in [1.165, 1.54) is 4.90 Å². The molecule has 0 bridgehead atoms. The molecule has 0 aromatic carbocycles. The maximum atomic E-state index is 12.3. The summed E-state index contributed by atoms with van der Waals surface area (Å²) in [5.41, 5.74) is -0.683. The molecule has 7 heteroatoms. The lowest BCUT2D eigenvalue weighted by molar-refractivity contribution is -0.217. The number of alkyl halides is 3. The molecule has 0 aromatic heterocycles. The Morgan fingerprint density at radius 1 is 1.39 bits per heavy atom. The predicted molar refractivity (Wildman–Crippen MR) is 58.0 cm³/mol. The summed E-state index contributed by atoms with van der Waals surface area (Å²) >= 11 is 0. The molecular formula is C11H18F3NO3. The van der Waals surface area contributed by atoms with E-state index in [-0.39, 0.29) is 19.5 Å². The standard InChI is InChI=1S/C11H18F3NO3/c1-10(2,3)18-9(17)15-5-4-7(6-15)8(16)11(12,13)14/h7-8,16H,4-6H2,1-3H3/t7-,8-/m1/s1. The minimum Gasteiger partial charge on any atom is -0.444 e. The Morgan fingerprint density at radius 2 is 1.94 bits per heavy atom. The molecule has 2 atom stereocenters. The van der Waals surface area contributed by atoms with Crippen molar-refractivity contribution in [3.05, 3.63) is 0 Å². The number of hydrogen-bond donors (Lipinski definition) is 1. The number of amides is 1. The minimum atomic E-state index is -4.64. The van der Waals surface area contributed by atoms with Gasteiger partial charge in [0, 0.05) is 19.0 Å². The summed E-state index contributed by atoms with van der Waals surface area (Å²) in [6.45, 7) is 5.09. The van der Waals surface area contributed by atoms with Gasteiger partial charge in [-0.15, -0.1) is 0 Å². The molecule has 1 aliphatic heterocycles. The molecule has 0 spiro atoms. The number of rotatable bonds is 1. The minimum absolute atomic E-state index is 0.125. The van der Waals surface area contributed by atoms with Gasteiger partial charge in [-0.05, 0) is 27.2 Å². The van der Waals surface area contributed by atoms with Crippen molar-refractivity contribution in [2.75, 3.05) is 13.1 Å². The van der Waals surface area contributed by atoms with Gasteiger partial charge in [0.15, 0.2) is 6.10 Å². The highest BCUT2D eigenvalue weighted by molar-refractivity contribution is 5.68. The number of carbonyl (C=O) groups excluding carboxylic acids is 1. The van der Waals surface area contributed by atoms with Crippen LogP contribution in [-0.4, -0.2) is 47.1 Å². The monoisotopic (exact) mass is 269 g/mol. The number of aliphatic hydroxyl groups is 1. The van der Waals surface area contributed by atoms with Gasteiger partial charge in [0.05, 0.1) is 0 Å². The molecule has 106 valence electrons. The van der Waals surface area contributed by atoms with Crippen molar-refractivity contribution in [2.45, 2.75) is 45.1 Å². The van der Waals surface area contributed by atoms with Gasteiger partial charge in [-0.25, -0.2) is 4.79 Å². The van der Waals surface area contributed by atoms with Crippen LogP contribution in [0.25, 0.3) is 0 Å². The molecule has 1 rings (SSSR count). The molecule has 1 heterocycles. The number of carbonyl (C=O) groups is 1. The van der Waals surface area contributed by atoms with Crippen LogP contribution in [0.4, 0.5) is 18.0 Å². The normalized spacial score (nSPS) is 23.1. The van der Waals surface area contributed by atoms with Crippen molar-refractivity contribution in [1.29, 1.82) is 0 Å². The maximum absolute atomic E-state index is 12.3. The summed E-state index contributed by atoms with van der Waals surface area (Å²) in [6, 6.07) is 0. The fourth-order valence-corrected chi connectivity index (χ4v) is 1.80. The highest BCUT2D eigenvalue weighted by Gasteiger charge is 2.46. The van der Waals surface area contributed by atoms with Crippen LogP contribution in [-0.2, 0) is 4.74 Å². The summed E-state index contributed by atoms with van der Waals surface area (Å²) in [6.07, 6.45) is -7.54. The Balaban J connectivity index is 2.54. The number of nitrogens with zero attached hydrogens (tertiary/aromatic N) is 1. The Kier molecular flexibility index (Phi) is 4.15. The molecule has 1 saturated heterocycles. The van der Waals surface area contributed by atoms with Gasteiger partial charge in [-0.2, -0.15) is 13.2 Å². The quantitative estimate of drug-likeness (QED) is 0.793. The molecular weight excluding hydrogens is 251 g/mol. The number of hydrogen-bond acceptors (Lipinski definition) is 3. The molecule has 0 saturated carbocycles. The van der Waals surface area contributed by atoms with Gasteiger partial charge < -0.3 is 14.7 Å². The van der Waals surface area contributed by atoms with Gasteiger partial charge in [0.2, 0.25) is 0 Å². The molecule has 1 aliphatic rings. The van der Waals surface area contributed by atoms with Crippen LogP contribution in [0.5, 0.6) is 0 Å². The van der Waals surface area contributed by atoms with Crippen molar-refractivity contribution in [1.82, 2.24) is 4.90 Å². The average Bonchev–Trinajstić information content (AvgIpc) is 2.60. The van der Waals surface area contributed by atoms with Gasteiger partial charge in [0.25, 0.3) is 0 Å². The van der Waals surface area contributed by atoms with Crippen LogP contribution in [0.15, 0.2) is 0 Å². The van der Waals surface area contributed by atoms with Gasteiger partial charge >= 0.3 is 12.3 Å². The highest BCUT2D eigenvalue weighted by atomic mass is 19.4. The van der Waals surface area contributed by atoms with Crippen LogP contribution in [0, 0.1) is 5.92 Å². The van der Waals surface area contributed by atoms with Crippen molar-refractivity contribution < 1.29 is 27.8 Å². The summed E-state index contributed by atoms with van der Waals surface area (Å²) in [4.78, 5) is 12.8. The first-order chi connectivity index (χ1) is 8.00. The van der Waals surface area contributed by atoms with E-state index >= 15 is 0 Å². The molecule has 0 aromatic rings. The third-order valence-electron chi connectivity index (χ3n) is 2.66.